The number of aliphatic hydroxyl groups excluding tert-OH is 1. The first-order chi connectivity index (χ1) is 7.78. The van der Waals surface area contributed by atoms with Gasteiger partial charge in [-0.15, -0.1) is 0 Å². The Labute approximate surface area is 97.0 Å². The molecule has 92 valence electrons. The van der Waals surface area contributed by atoms with E-state index in [0.717, 1.165) is 32.4 Å². The van der Waals surface area contributed by atoms with E-state index in [2.05, 4.69) is 10.2 Å². The molecule has 1 atom stereocenters. The van der Waals surface area contributed by atoms with Gasteiger partial charge in [-0.2, -0.15) is 0 Å². The standard InChI is InChI=1S/C12H22N2O2/c15-9-10-5-6-14(7-10)8-12(16)13-11-3-1-2-4-11/h10-11,15H,1-9H2,(H,13,16)/t10-/m0/s1. The number of likely N-dealkylation sites (tertiary alicyclic amines) is 1. The minimum atomic E-state index is 0.158. The van der Waals surface area contributed by atoms with Gasteiger partial charge in [-0.05, 0) is 31.7 Å². The second kappa shape index (κ2) is 5.64. The van der Waals surface area contributed by atoms with Crippen molar-refractivity contribution >= 4 is 5.91 Å². The molecular weight excluding hydrogens is 204 g/mol. The lowest BCUT2D eigenvalue weighted by molar-refractivity contribution is -0.122. The summed E-state index contributed by atoms with van der Waals surface area (Å²) >= 11 is 0. The van der Waals surface area contributed by atoms with Crippen LogP contribution in [0.3, 0.4) is 0 Å². The molecule has 1 aliphatic heterocycles. The Morgan fingerprint density at radius 2 is 2.06 bits per heavy atom. The molecule has 0 aromatic carbocycles. The van der Waals surface area contributed by atoms with E-state index < -0.39 is 0 Å². The molecule has 1 aliphatic carbocycles. The van der Waals surface area contributed by atoms with Gasteiger partial charge in [0.15, 0.2) is 0 Å². The summed E-state index contributed by atoms with van der Waals surface area (Å²) in [6, 6.07) is 0.420. The fourth-order valence-electron chi connectivity index (χ4n) is 2.75. The smallest absolute Gasteiger partial charge is 0.234 e. The molecule has 1 saturated carbocycles. The third kappa shape index (κ3) is 3.19. The van der Waals surface area contributed by atoms with Crippen molar-refractivity contribution < 1.29 is 9.90 Å². The molecule has 0 bridgehead atoms. The van der Waals surface area contributed by atoms with Crippen LogP contribution in [0.25, 0.3) is 0 Å². The van der Waals surface area contributed by atoms with Crippen molar-refractivity contribution in [3.63, 3.8) is 0 Å². The Balaban J connectivity index is 1.67. The van der Waals surface area contributed by atoms with Gasteiger partial charge in [0.2, 0.25) is 5.91 Å². The summed E-state index contributed by atoms with van der Waals surface area (Å²) < 4.78 is 0. The van der Waals surface area contributed by atoms with Crippen molar-refractivity contribution in [1.82, 2.24) is 10.2 Å². The van der Waals surface area contributed by atoms with Gasteiger partial charge in [-0.1, -0.05) is 12.8 Å². The maximum Gasteiger partial charge on any atom is 0.234 e. The van der Waals surface area contributed by atoms with E-state index >= 15 is 0 Å². The molecule has 2 rings (SSSR count). The number of carbonyl (C=O) groups is 1. The summed E-state index contributed by atoms with van der Waals surface area (Å²) in [5.74, 6) is 0.532. The monoisotopic (exact) mass is 226 g/mol. The third-order valence-electron chi connectivity index (χ3n) is 3.72. The van der Waals surface area contributed by atoms with Gasteiger partial charge >= 0.3 is 0 Å². The maximum atomic E-state index is 11.7. The van der Waals surface area contributed by atoms with Gasteiger partial charge in [0.25, 0.3) is 0 Å². The molecule has 1 amide bonds. The van der Waals surface area contributed by atoms with Crippen molar-refractivity contribution in [3.8, 4) is 0 Å². The van der Waals surface area contributed by atoms with Crippen molar-refractivity contribution in [2.24, 2.45) is 5.92 Å². The molecule has 0 aromatic heterocycles. The van der Waals surface area contributed by atoms with Crippen LogP contribution in [0.1, 0.15) is 32.1 Å². The Hall–Kier alpha value is -0.610. The van der Waals surface area contributed by atoms with Crippen LogP contribution in [-0.4, -0.2) is 48.2 Å². The minimum Gasteiger partial charge on any atom is -0.396 e. The number of carbonyl (C=O) groups excluding carboxylic acids is 1. The predicted molar refractivity (Wildman–Crippen MR) is 62.0 cm³/mol. The van der Waals surface area contributed by atoms with Crippen LogP contribution in [0.4, 0.5) is 0 Å². The molecule has 2 fully saturated rings. The van der Waals surface area contributed by atoms with Crippen LogP contribution in [0.15, 0.2) is 0 Å². The molecule has 4 nitrogen and oxygen atoms in total. The van der Waals surface area contributed by atoms with E-state index in [1.807, 2.05) is 0 Å². The van der Waals surface area contributed by atoms with Crippen molar-refractivity contribution in [3.05, 3.63) is 0 Å². The lowest BCUT2D eigenvalue weighted by Crippen LogP contribution is -2.40. The molecule has 2 N–H and O–H groups in total. The first-order valence-electron chi connectivity index (χ1n) is 6.40. The quantitative estimate of drug-likeness (QED) is 0.728. The van der Waals surface area contributed by atoms with Crippen LogP contribution in [0, 0.1) is 5.92 Å². The summed E-state index contributed by atoms with van der Waals surface area (Å²) in [6.45, 7) is 2.58. The molecule has 2 aliphatic rings. The Morgan fingerprint density at radius 1 is 1.31 bits per heavy atom. The number of hydrogen-bond acceptors (Lipinski definition) is 3. The number of rotatable bonds is 4. The number of aliphatic hydroxyl groups is 1. The van der Waals surface area contributed by atoms with E-state index in [4.69, 9.17) is 5.11 Å². The topological polar surface area (TPSA) is 52.6 Å². The zero-order valence-corrected chi connectivity index (χ0v) is 9.82. The fourth-order valence-corrected chi connectivity index (χ4v) is 2.75. The molecule has 4 heteroatoms. The van der Waals surface area contributed by atoms with Crippen molar-refractivity contribution in [1.29, 1.82) is 0 Å². The van der Waals surface area contributed by atoms with Gasteiger partial charge in [0, 0.05) is 19.2 Å². The van der Waals surface area contributed by atoms with Gasteiger partial charge in [0.1, 0.15) is 0 Å². The SMILES string of the molecule is O=C(CN1CC[C@H](CO)C1)NC1CCCC1. The van der Waals surface area contributed by atoms with Gasteiger partial charge < -0.3 is 10.4 Å². The predicted octanol–water partition coefficient (Wildman–Crippen LogP) is 0.359. The molecule has 1 saturated heterocycles. The van der Waals surface area contributed by atoms with Crippen molar-refractivity contribution in [2.45, 2.75) is 38.1 Å². The Morgan fingerprint density at radius 3 is 2.69 bits per heavy atom. The van der Waals surface area contributed by atoms with Crippen molar-refractivity contribution in [2.75, 3.05) is 26.2 Å². The normalized spacial score (nSPS) is 27.4. The Bertz CT molecular complexity index is 239. The molecule has 0 aromatic rings. The van der Waals surface area contributed by atoms with Crippen LogP contribution < -0.4 is 5.32 Å². The van der Waals surface area contributed by atoms with Crippen LogP contribution >= 0.6 is 0 Å². The molecular formula is C12H22N2O2. The van der Waals surface area contributed by atoms with Crippen LogP contribution in [0.2, 0.25) is 0 Å². The number of nitrogens with zero attached hydrogens (tertiary/aromatic N) is 1. The molecule has 16 heavy (non-hydrogen) atoms. The lowest BCUT2D eigenvalue weighted by Gasteiger charge is -2.17. The van der Waals surface area contributed by atoms with Gasteiger partial charge in [-0.25, -0.2) is 0 Å². The summed E-state index contributed by atoms with van der Waals surface area (Å²) in [5, 5.41) is 12.1. The number of nitrogens with one attached hydrogen (secondary N) is 1. The zero-order valence-electron chi connectivity index (χ0n) is 9.82. The largest absolute Gasteiger partial charge is 0.396 e. The molecule has 0 radical (unpaired) electrons. The van der Waals surface area contributed by atoms with Gasteiger partial charge in [0.05, 0.1) is 6.54 Å². The van der Waals surface area contributed by atoms with E-state index in [1.165, 1.54) is 12.8 Å². The third-order valence-corrected chi connectivity index (χ3v) is 3.72. The summed E-state index contributed by atoms with van der Waals surface area (Å²) in [4.78, 5) is 13.9. The first-order valence-corrected chi connectivity index (χ1v) is 6.40. The van der Waals surface area contributed by atoms with Crippen LogP contribution in [-0.2, 0) is 4.79 Å². The summed E-state index contributed by atoms with van der Waals surface area (Å²) in [7, 11) is 0. The highest BCUT2D eigenvalue weighted by Crippen LogP contribution is 2.18. The summed E-state index contributed by atoms with van der Waals surface area (Å²) in [5.41, 5.74) is 0. The Kier molecular flexibility index (Phi) is 4.18. The highest BCUT2D eigenvalue weighted by Gasteiger charge is 2.24. The van der Waals surface area contributed by atoms with E-state index in [-0.39, 0.29) is 12.5 Å². The fraction of sp³-hybridized carbons (Fsp3) is 0.917. The highest BCUT2D eigenvalue weighted by atomic mass is 16.3. The van der Waals surface area contributed by atoms with E-state index in [0.29, 0.717) is 18.5 Å². The summed E-state index contributed by atoms with van der Waals surface area (Å²) in [6.07, 6.45) is 5.81. The average Bonchev–Trinajstić information content (AvgIpc) is 2.89. The molecule has 0 spiro atoms. The zero-order chi connectivity index (χ0) is 11.4. The van der Waals surface area contributed by atoms with Crippen LogP contribution in [0.5, 0.6) is 0 Å². The number of hydrogen-bond donors (Lipinski definition) is 2. The molecule has 1 heterocycles. The van der Waals surface area contributed by atoms with E-state index in [9.17, 15) is 4.79 Å². The second-order valence-corrected chi connectivity index (χ2v) is 5.12. The maximum absolute atomic E-state index is 11.7. The second-order valence-electron chi connectivity index (χ2n) is 5.12. The van der Waals surface area contributed by atoms with E-state index in [1.54, 1.807) is 0 Å². The minimum absolute atomic E-state index is 0.158. The number of amides is 1. The lowest BCUT2D eigenvalue weighted by atomic mass is 10.1. The molecule has 0 unspecified atom stereocenters. The highest BCUT2D eigenvalue weighted by molar-refractivity contribution is 5.78. The first kappa shape index (κ1) is 11.9. The average molecular weight is 226 g/mol. The van der Waals surface area contributed by atoms with Gasteiger partial charge in [-0.3, -0.25) is 9.69 Å².